The summed E-state index contributed by atoms with van der Waals surface area (Å²) in [5, 5.41) is 0.659. The lowest BCUT2D eigenvalue weighted by Gasteiger charge is -2.09. The third-order valence-corrected chi connectivity index (χ3v) is 4.51. The van der Waals surface area contributed by atoms with Gasteiger partial charge in [-0.25, -0.2) is 4.98 Å². The predicted octanol–water partition coefficient (Wildman–Crippen LogP) is 3.32. The molecule has 3 aromatic rings. The van der Waals surface area contributed by atoms with E-state index in [1.165, 1.54) is 0 Å². The Morgan fingerprint density at radius 2 is 2.10 bits per heavy atom. The SMILES string of the molecule is C#CCn1c(-c2ccccc2)nc2sc(CC)cc2c1=O. The summed E-state index contributed by atoms with van der Waals surface area (Å²) < 4.78 is 1.57. The summed E-state index contributed by atoms with van der Waals surface area (Å²) in [5.41, 5.74) is 0.839. The van der Waals surface area contributed by atoms with Crippen LogP contribution in [0.2, 0.25) is 0 Å². The molecule has 0 saturated carbocycles. The van der Waals surface area contributed by atoms with Gasteiger partial charge in [0.25, 0.3) is 5.56 Å². The third-order valence-electron chi connectivity index (χ3n) is 3.33. The van der Waals surface area contributed by atoms with E-state index in [1.807, 2.05) is 36.4 Å². The van der Waals surface area contributed by atoms with Gasteiger partial charge in [-0.2, -0.15) is 0 Å². The number of benzene rings is 1. The summed E-state index contributed by atoms with van der Waals surface area (Å²) in [4.78, 5) is 19.3. The fourth-order valence-corrected chi connectivity index (χ4v) is 3.24. The molecule has 2 heterocycles. The van der Waals surface area contributed by atoms with E-state index < -0.39 is 0 Å². The number of terminal acetylenes is 1. The Kier molecular flexibility index (Phi) is 3.59. The van der Waals surface area contributed by atoms with Crippen LogP contribution in [0.5, 0.6) is 0 Å². The van der Waals surface area contributed by atoms with Crippen LogP contribution in [0.4, 0.5) is 0 Å². The second-order valence-corrected chi connectivity index (χ2v) is 5.80. The van der Waals surface area contributed by atoms with Gasteiger partial charge in [-0.05, 0) is 12.5 Å². The Labute approximate surface area is 126 Å². The Balaban J connectivity index is 2.35. The van der Waals surface area contributed by atoms with Gasteiger partial charge < -0.3 is 0 Å². The average Bonchev–Trinajstić information content (AvgIpc) is 2.94. The third kappa shape index (κ3) is 2.37. The molecule has 1 aromatic carbocycles. The summed E-state index contributed by atoms with van der Waals surface area (Å²) in [6.45, 7) is 2.30. The molecule has 104 valence electrons. The first kappa shape index (κ1) is 13.6. The Morgan fingerprint density at radius 1 is 1.33 bits per heavy atom. The first-order valence-corrected chi connectivity index (χ1v) is 7.58. The maximum absolute atomic E-state index is 12.7. The predicted molar refractivity (Wildman–Crippen MR) is 87.5 cm³/mol. The van der Waals surface area contributed by atoms with E-state index in [-0.39, 0.29) is 12.1 Å². The van der Waals surface area contributed by atoms with Crippen LogP contribution in [-0.4, -0.2) is 9.55 Å². The molecule has 21 heavy (non-hydrogen) atoms. The zero-order valence-electron chi connectivity index (χ0n) is 11.7. The molecule has 3 nitrogen and oxygen atoms in total. The Morgan fingerprint density at radius 3 is 2.76 bits per heavy atom. The molecule has 0 amide bonds. The first-order chi connectivity index (χ1) is 10.2. The Bertz CT molecular complexity index is 885. The van der Waals surface area contributed by atoms with Gasteiger partial charge in [0, 0.05) is 10.4 Å². The smallest absolute Gasteiger partial charge is 0.263 e. The van der Waals surface area contributed by atoms with Gasteiger partial charge in [-0.1, -0.05) is 43.2 Å². The van der Waals surface area contributed by atoms with E-state index in [0.717, 1.165) is 21.7 Å². The monoisotopic (exact) mass is 294 g/mol. The van der Waals surface area contributed by atoms with Crippen molar-refractivity contribution in [1.82, 2.24) is 9.55 Å². The van der Waals surface area contributed by atoms with Crippen molar-refractivity contribution in [2.24, 2.45) is 0 Å². The van der Waals surface area contributed by atoms with Gasteiger partial charge in [0.1, 0.15) is 10.7 Å². The number of nitrogens with zero attached hydrogens (tertiary/aromatic N) is 2. The van der Waals surface area contributed by atoms with Gasteiger partial charge in [0.15, 0.2) is 0 Å². The molecule has 0 bridgehead atoms. The molecule has 4 heteroatoms. The van der Waals surface area contributed by atoms with Crippen LogP contribution in [0.25, 0.3) is 21.6 Å². The van der Waals surface area contributed by atoms with E-state index in [0.29, 0.717) is 11.2 Å². The molecule has 0 saturated heterocycles. The minimum atomic E-state index is -0.0623. The van der Waals surface area contributed by atoms with E-state index in [4.69, 9.17) is 6.42 Å². The molecular weight excluding hydrogens is 280 g/mol. The fraction of sp³-hybridized carbons (Fsp3) is 0.176. The normalized spacial score (nSPS) is 10.7. The molecule has 0 aliphatic rings. The van der Waals surface area contributed by atoms with Gasteiger partial charge in [-0.15, -0.1) is 17.8 Å². The van der Waals surface area contributed by atoms with Crippen molar-refractivity contribution < 1.29 is 0 Å². The van der Waals surface area contributed by atoms with Crippen LogP contribution in [0.1, 0.15) is 11.8 Å². The van der Waals surface area contributed by atoms with Gasteiger partial charge >= 0.3 is 0 Å². The number of aromatic nitrogens is 2. The molecule has 0 atom stereocenters. The number of aryl methyl sites for hydroxylation is 1. The number of fused-ring (bicyclic) bond motifs is 1. The molecule has 0 spiro atoms. The van der Waals surface area contributed by atoms with Crippen molar-refractivity contribution >= 4 is 21.6 Å². The molecule has 0 fully saturated rings. The standard InChI is InChI=1S/C17H14N2OS/c1-3-10-19-15(12-8-6-5-7-9-12)18-16-14(17(19)20)11-13(4-2)21-16/h1,5-9,11H,4,10H2,2H3. The van der Waals surface area contributed by atoms with Crippen LogP contribution < -0.4 is 5.56 Å². The summed E-state index contributed by atoms with van der Waals surface area (Å²) in [7, 11) is 0. The van der Waals surface area contributed by atoms with Crippen LogP contribution >= 0.6 is 11.3 Å². The van der Waals surface area contributed by atoms with Crippen molar-refractivity contribution in [2.75, 3.05) is 0 Å². The minimum absolute atomic E-state index is 0.0623. The maximum Gasteiger partial charge on any atom is 0.263 e. The lowest BCUT2D eigenvalue weighted by molar-refractivity contribution is 0.796. The van der Waals surface area contributed by atoms with Crippen LogP contribution in [-0.2, 0) is 13.0 Å². The average molecular weight is 294 g/mol. The van der Waals surface area contributed by atoms with Gasteiger partial charge in [0.05, 0.1) is 11.9 Å². The summed E-state index contributed by atoms with van der Waals surface area (Å²) in [6.07, 6.45) is 6.32. The zero-order chi connectivity index (χ0) is 14.8. The molecule has 3 rings (SSSR count). The molecule has 2 aromatic heterocycles. The molecule has 0 radical (unpaired) electrons. The van der Waals surface area contributed by atoms with Gasteiger partial charge in [0.2, 0.25) is 0 Å². The van der Waals surface area contributed by atoms with Crippen molar-refractivity contribution in [3.63, 3.8) is 0 Å². The van der Waals surface area contributed by atoms with Crippen LogP contribution in [0.3, 0.4) is 0 Å². The minimum Gasteiger partial charge on any atom is -0.280 e. The summed E-state index contributed by atoms with van der Waals surface area (Å²) in [6, 6.07) is 11.6. The van der Waals surface area contributed by atoms with Crippen molar-refractivity contribution in [3.05, 3.63) is 51.6 Å². The number of thiophene rings is 1. The number of rotatable bonds is 3. The van der Waals surface area contributed by atoms with Crippen molar-refractivity contribution in [1.29, 1.82) is 0 Å². The molecular formula is C17H14N2OS. The lowest BCUT2D eigenvalue weighted by Crippen LogP contribution is -2.22. The Hall–Kier alpha value is -2.38. The fourth-order valence-electron chi connectivity index (χ4n) is 2.29. The molecule has 0 aliphatic heterocycles. The summed E-state index contributed by atoms with van der Waals surface area (Å²) in [5.74, 6) is 3.18. The quantitative estimate of drug-likeness (QED) is 0.695. The number of hydrogen-bond donors (Lipinski definition) is 0. The first-order valence-electron chi connectivity index (χ1n) is 6.76. The van der Waals surface area contributed by atoms with Crippen molar-refractivity contribution in [3.8, 4) is 23.7 Å². The molecule has 0 unspecified atom stereocenters. The zero-order valence-corrected chi connectivity index (χ0v) is 12.5. The van der Waals surface area contributed by atoms with E-state index in [9.17, 15) is 4.79 Å². The highest BCUT2D eigenvalue weighted by Gasteiger charge is 2.14. The molecule has 0 aliphatic carbocycles. The highest BCUT2D eigenvalue weighted by molar-refractivity contribution is 7.18. The topological polar surface area (TPSA) is 34.9 Å². The second kappa shape index (κ2) is 5.55. The van der Waals surface area contributed by atoms with Gasteiger partial charge in [-0.3, -0.25) is 9.36 Å². The highest BCUT2D eigenvalue weighted by atomic mass is 32.1. The van der Waals surface area contributed by atoms with E-state index in [1.54, 1.807) is 15.9 Å². The summed E-state index contributed by atoms with van der Waals surface area (Å²) >= 11 is 1.57. The van der Waals surface area contributed by atoms with Crippen LogP contribution in [0, 0.1) is 12.3 Å². The maximum atomic E-state index is 12.7. The van der Waals surface area contributed by atoms with Crippen LogP contribution in [0.15, 0.2) is 41.2 Å². The highest BCUT2D eigenvalue weighted by Crippen LogP contribution is 2.25. The number of hydrogen-bond acceptors (Lipinski definition) is 3. The van der Waals surface area contributed by atoms with E-state index >= 15 is 0 Å². The largest absolute Gasteiger partial charge is 0.280 e. The van der Waals surface area contributed by atoms with E-state index in [2.05, 4.69) is 17.8 Å². The van der Waals surface area contributed by atoms with Crippen molar-refractivity contribution in [2.45, 2.75) is 19.9 Å². The molecule has 0 N–H and O–H groups in total. The second-order valence-electron chi connectivity index (χ2n) is 4.68. The lowest BCUT2D eigenvalue weighted by atomic mass is 10.2.